The minimum Gasteiger partial charge on any atom is -0.480 e. The van der Waals surface area contributed by atoms with E-state index in [-0.39, 0.29) is 0 Å². The van der Waals surface area contributed by atoms with Crippen LogP contribution in [0.15, 0.2) is 0 Å². The van der Waals surface area contributed by atoms with Gasteiger partial charge in [-0.2, -0.15) is 11.8 Å². The number of thioether (sulfide) groups is 1. The Labute approximate surface area is 109 Å². The highest BCUT2D eigenvalue weighted by molar-refractivity contribution is 8.00. The molecule has 1 saturated carbocycles. The van der Waals surface area contributed by atoms with Gasteiger partial charge in [0.25, 0.3) is 0 Å². The topological polar surface area (TPSA) is 49.3 Å². The lowest BCUT2D eigenvalue weighted by molar-refractivity contribution is -0.144. The monoisotopic (exact) mass is 259 g/mol. The van der Waals surface area contributed by atoms with Crippen LogP contribution >= 0.6 is 11.8 Å². The third-order valence-corrected chi connectivity index (χ3v) is 4.74. The molecule has 1 aliphatic rings. The van der Waals surface area contributed by atoms with Gasteiger partial charge >= 0.3 is 5.97 Å². The molecule has 17 heavy (non-hydrogen) atoms. The molecule has 3 atom stereocenters. The number of carboxylic acid groups (broad SMARTS) is 1. The predicted molar refractivity (Wildman–Crippen MR) is 73.6 cm³/mol. The summed E-state index contributed by atoms with van der Waals surface area (Å²) in [7, 11) is 0. The van der Waals surface area contributed by atoms with Crippen molar-refractivity contribution >= 4 is 17.7 Å². The normalized spacial score (nSPS) is 22.8. The van der Waals surface area contributed by atoms with Crippen molar-refractivity contribution < 1.29 is 9.90 Å². The van der Waals surface area contributed by atoms with Crippen LogP contribution in [-0.2, 0) is 4.79 Å². The molecule has 4 heteroatoms. The smallest absolute Gasteiger partial charge is 0.323 e. The number of rotatable bonds is 8. The Morgan fingerprint density at radius 2 is 2.06 bits per heavy atom. The predicted octanol–water partition coefficient (Wildman–Crippen LogP) is 2.89. The van der Waals surface area contributed by atoms with Gasteiger partial charge in [-0.05, 0) is 32.6 Å². The summed E-state index contributed by atoms with van der Waals surface area (Å²) in [6.07, 6.45) is 4.06. The maximum Gasteiger partial charge on any atom is 0.323 e. The maximum absolute atomic E-state index is 11.4. The fourth-order valence-corrected chi connectivity index (χ4v) is 3.42. The first kappa shape index (κ1) is 14.8. The van der Waals surface area contributed by atoms with Crippen molar-refractivity contribution in [2.24, 2.45) is 0 Å². The minimum atomic E-state index is -0.763. The van der Waals surface area contributed by atoms with Gasteiger partial charge < -0.3 is 5.11 Å². The summed E-state index contributed by atoms with van der Waals surface area (Å²) in [5.74, 6) is -0.721. The van der Waals surface area contributed by atoms with Gasteiger partial charge in [-0.1, -0.05) is 20.8 Å². The van der Waals surface area contributed by atoms with Crippen LogP contribution in [0.3, 0.4) is 0 Å². The molecule has 0 spiro atoms. The molecule has 0 aromatic heterocycles. The van der Waals surface area contributed by atoms with Crippen LogP contribution in [0.2, 0.25) is 0 Å². The van der Waals surface area contributed by atoms with Gasteiger partial charge in [0.15, 0.2) is 0 Å². The standard InChI is InChI=1S/C13H25NO2S/c1-5-9(2)17-10(3)8-13(4,12(15)16)14-11-6-7-11/h9-11,14H,5-8H2,1-4H3,(H,15,16). The molecule has 2 N–H and O–H groups in total. The van der Waals surface area contributed by atoms with Crippen LogP contribution in [0.5, 0.6) is 0 Å². The number of hydrogen-bond acceptors (Lipinski definition) is 3. The van der Waals surface area contributed by atoms with Gasteiger partial charge in [0, 0.05) is 16.5 Å². The Kier molecular flexibility index (Phi) is 5.32. The summed E-state index contributed by atoms with van der Waals surface area (Å²) in [5, 5.41) is 13.6. The summed E-state index contributed by atoms with van der Waals surface area (Å²) in [6.45, 7) is 8.32. The molecule has 1 aliphatic carbocycles. The van der Waals surface area contributed by atoms with Crippen LogP contribution in [0, 0.1) is 0 Å². The van der Waals surface area contributed by atoms with E-state index < -0.39 is 11.5 Å². The first-order chi connectivity index (χ1) is 7.87. The van der Waals surface area contributed by atoms with Crippen molar-refractivity contribution in [2.45, 2.75) is 75.5 Å². The second-order valence-corrected chi connectivity index (χ2v) is 7.31. The van der Waals surface area contributed by atoms with Crippen molar-refractivity contribution in [3.05, 3.63) is 0 Å². The molecule has 3 nitrogen and oxygen atoms in total. The van der Waals surface area contributed by atoms with Gasteiger partial charge in [0.05, 0.1) is 0 Å². The van der Waals surface area contributed by atoms with Crippen molar-refractivity contribution in [1.29, 1.82) is 0 Å². The highest BCUT2D eigenvalue weighted by Crippen LogP contribution is 2.30. The van der Waals surface area contributed by atoms with Gasteiger partial charge in [-0.3, -0.25) is 10.1 Å². The zero-order chi connectivity index (χ0) is 13.1. The van der Waals surface area contributed by atoms with E-state index in [0.717, 1.165) is 19.3 Å². The van der Waals surface area contributed by atoms with Gasteiger partial charge in [-0.15, -0.1) is 0 Å². The van der Waals surface area contributed by atoms with Crippen molar-refractivity contribution in [3.63, 3.8) is 0 Å². The average molecular weight is 259 g/mol. The highest BCUT2D eigenvalue weighted by Gasteiger charge is 2.39. The second-order valence-electron chi connectivity index (χ2n) is 5.43. The Balaban J connectivity index is 2.49. The quantitative estimate of drug-likeness (QED) is 0.704. The molecule has 1 fully saturated rings. The van der Waals surface area contributed by atoms with E-state index in [9.17, 15) is 9.90 Å². The summed E-state index contributed by atoms with van der Waals surface area (Å²) in [6, 6.07) is 0.428. The van der Waals surface area contributed by atoms with E-state index >= 15 is 0 Å². The van der Waals surface area contributed by atoms with Crippen molar-refractivity contribution in [3.8, 4) is 0 Å². The lowest BCUT2D eigenvalue weighted by atomic mass is 9.96. The van der Waals surface area contributed by atoms with Crippen LogP contribution in [-0.4, -0.2) is 33.2 Å². The zero-order valence-electron chi connectivity index (χ0n) is 11.3. The van der Waals surface area contributed by atoms with E-state index in [1.54, 1.807) is 0 Å². The molecular formula is C13H25NO2S. The van der Waals surface area contributed by atoms with Crippen LogP contribution in [0.1, 0.15) is 53.4 Å². The lowest BCUT2D eigenvalue weighted by Gasteiger charge is -2.30. The van der Waals surface area contributed by atoms with Crippen LogP contribution in [0.4, 0.5) is 0 Å². The van der Waals surface area contributed by atoms with E-state index in [4.69, 9.17) is 0 Å². The Morgan fingerprint density at radius 1 is 1.47 bits per heavy atom. The minimum absolute atomic E-state index is 0.372. The zero-order valence-corrected chi connectivity index (χ0v) is 12.1. The van der Waals surface area contributed by atoms with Crippen LogP contribution < -0.4 is 5.32 Å². The largest absolute Gasteiger partial charge is 0.480 e. The molecule has 1 rings (SSSR count). The van der Waals surface area contributed by atoms with E-state index in [1.165, 1.54) is 0 Å². The molecule has 0 bridgehead atoms. The first-order valence-electron chi connectivity index (χ1n) is 6.54. The van der Waals surface area contributed by atoms with Gasteiger partial charge in [-0.25, -0.2) is 0 Å². The Bertz CT molecular complexity index is 268. The van der Waals surface area contributed by atoms with Crippen molar-refractivity contribution in [1.82, 2.24) is 5.32 Å². The molecule has 0 aromatic carbocycles. The molecular weight excluding hydrogens is 234 g/mol. The van der Waals surface area contributed by atoms with E-state index in [1.807, 2.05) is 18.7 Å². The SMILES string of the molecule is CCC(C)SC(C)CC(C)(NC1CC1)C(=O)O. The maximum atomic E-state index is 11.4. The Hall–Kier alpha value is -0.220. The summed E-state index contributed by atoms with van der Waals surface area (Å²) >= 11 is 1.89. The number of carbonyl (C=O) groups is 1. The molecule has 3 unspecified atom stereocenters. The molecule has 100 valence electrons. The third kappa shape index (κ3) is 4.88. The number of nitrogens with one attached hydrogen (secondary N) is 1. The fraction of sp³-hybridized carbons (Fsp3) is 0.923. The average Bonchev–Trinajstić information content (AvgIpc) is 3.00. The summed E-state index contributed by atoms with van der Waals surface area (Å²) in [4.78, 5) is 11.4. The molecule has 0 amide bonds. The van der Waals surface area contributed by atoms with Gasteiger partial charge in [0.1, 0.15) is 5.54 Å². The van der Waals surface area contributed by atoms with E-state index in [2.05, 4.69) is 26.1 Å². The van der Waals surface area contributed by atoms with E-state index in [0.29, 0.717) is 23.0 Å². The highest BCUT2D eigenvalue weighted by atomic mass is 32.2. The Morgan fingerprint density at radius 3 is 2.47 bits per heavy atom. The molecule has 0 heterocycles. The molecule has 0 aromatic rings. The van der Waals surface area contributed by atoms with Gasteiger partial charge in [0.2, 0.25) is 0 Å². The molecule has 0 aliphatic heterocycles. The molecule has 0 saturated heterocycles. The van der Waals surface area contributed by atoms with Crippen molar-refractivity contribution in [2.75, 3.05) is 0 Å². The summed E-state index contributed by atoms with van der Waals surface area (Å²) in [5.41, 5.74) is -0.763. The summed E-state index contributed by atoms with van der Waals surface area (Å²) < 4.78 is 0. The molecule has 0 radical (unpaired) electrons. The third-order valence-electron chi connectivity index (χ3n) is 3.31. The number of hydrogen-bond donors (Lipinski definition) is 2. The number of carboxylic acids is 1. The second kappa shape index (κ2) is 6.10. The lowest BCUT2D eigenvalue weighted by Crippen LogP contribution is -2.52. The fourth-order valence-electron chi connectivity index (χ4n) is 2.00. The number of aliphatic carboxylic acids is 1. The first-order valence-corrected chi connectivity index (χ1v) is 7.48. The van der Waals surface area contributed by atoms with Crippen LogP contribution in [0.25, 0.3) is 0 Å².